The van der Waals surface area contributed by atoms with E-state index in [1.54, 1.807) is 0 Å². The van der Waals surface area contributed by atoms with Gasteiger partial charge >= 0.3 is 5.97 Å². The summed E-state index contributed by atoms with van der Waals surface area (Å²) in [6.45, 7) is 3.39. The van der Waals surface area contributed by atoms with E-state index in [1.807, 2.05) is 0 Å². The van der Waals surface area contributed by atoms with E-state index >= 15 is 0 Å². The van der Waals surface area contributed by atoms with Gasteiger partial charge in [-0.3, -0.25) is 9.59 Å². The summed E-state index contributed by atoms with van der Waals surface area (Å²) < 4.78 is 5.24. The van der Waals surface area contributed by atoms with Crippen molar-refractivity contribution in [2.24, 2.45) is 17.3 Å². The van der Waals surface area contributed by atoms with Crippen LogP contribution in [-0.4, -0.2) is 36.7 Å². The molecule has 0 bridgehead atoms. The fourth-order valence-electron chi connectivity index (χ4n) is 3.58. The molecule has 5 nitrogen and oxygen atoms in total. The van der Waals surface area contributed by atoms with Crippen LogP contribution in [0.1, 0.15) is 51.9 Å². The van der Waals surface area contributed by atoms with Gasteiger partial charge in [0.2, 0.25) is 5.91 Å². The number of nitrogens with one attached hydrogen (secondary N) is 1. The number of hydrogen-bond acceptors (Lipinski definition) is 3. The number of ether oxygens (including phenoxy) is 1. The first-order valence-electron chi connectivity index (χ1n) is 8.10. The molecule has 21 heavy (non-hydrogen) atoms. The van der Waals surface area contributed by atoms with Crippen LogP contribution in [0.4, 0.5) is 0 Å². The van der Waals surface area contributed by atoms with E-state index in [2.05, 4.69) is 12.2 Å². The zero-order chi connectivity index (χ0) is 15.3. The molecule has 0 aromatic heterocycles. The van der Waals surface area contributed by atoms with Crippen LogP contribution in [0.2, 0.25) is 0 Å². The van der Waals surface area contributed by atoms with Gasteiger partial charge in [0.05, 0.1) is 5.41 Å². The zero-order valence-electron chi connectivity index (χ0n) is 12.9. The van der Waals surface area contributed by atoms with Crippen LogP contribution in [0, 0.1) is 17.3 Å². The summed E-state index contributed by atoms with van der Waals surface area (Å²) in [4.78, 5) is 23.6. The lowest BCUT2D eigenvalue weighted by Crippen LogP contribution is -2.46. The molecule has 1 aliphatic carbocycles. The predicted octanol–water partition coefficient (Wildman–Crippen LogP) is 2.20. The second-order valence-corrected chi connectivity index (χ2v) is 6.82. The molecule has 1 saturated heterocycles. The Morgan fingerprint density at radius 2 is 2.00 bits per heavy atom. The molecule has 1 saturated carbocycles. The SMILES string of the molecule is CC1CCCC(CC(=O)NCC2(C(=O)O)CCOCC2)C1. The van der Waals surface area contributed by atoms with E-state index in [0.29, 0.717) is 44.3 Å². The Morgan fingerprint density at radius 3 is 2.62 bits per heavy atom. The molecule has 2 fully saturated rings. The lowest BCUT2D eigenvalue weighted by molar-refractivity contribution is -0.154. The van der Waals surface area contributed by atoms with E-state index in [4.69, 9.17) is 4.74 Å². The third-order valence-electron chi connectivity index (χ3n) is 5.05. The van der Waals surface area contributed by atoms with E-state index in [0.717, 1.165) is 12.8 Å². The monoisotopic (exact) mass is 297 g/mol. The third-order valence-corrected chi connectivity index (χ3v) is 5.05. The minimum atomic E-state index is -0.840. The number of carboxylic acid groups (broad SMARTS) is 1. The van der Waals surface area contributed by atoms with E-state index in [9.17, 15) is 14.7 Å². The van der Waals surface area contributed by atoms with E-state index < -0.39 is 11.4 Å². The molecule has 5 heteroatoms. The standard InChI is InChI=1S/C16H27NO4/c1-12-3-2-4-13(9-12)10-14(18)17-11-16(15(19)20)5-7-21-8-6-16/h12-13H,2-11H2,1H3,(H,17,18)(H,19,20). The molecule has 2 rings (SSSR count). The van der Waals surface area contributed by atoms with Crippen molar-refractivity contribution in [1.29, 1.82) is 0 Å². The average molecular weight is 297 g/mol. The van der Waals surface area contributed by atoms with Crippen LogP contribution >= 0.6 is 0 Å². The number of carboxylic acids is 1. The molecule has 0 aromatic rings. The molecule has 0 radical (unpaired) electrons. The van der Waals surface area contributed by atoms with Gasteiger partial charge in [0, 0.05) is 26.2 Å². The van der Waals surface area contributed by atoms with Crippen LogP contribution in [0.15, 0.2) is 0 Å². The molecule has 2 aliphatic rings. The highest BCUT2D eigenvalue weighted by Gasteiger charge is 2.40. The van der Waals surface area contributed by atoms with Gasteiger partial charge in [-0.05, 0) is 37.5 Å². The molecule has 2 unspecified atom stereocenters. The van der Waals surface area contributed by atoms with Crippen molar-refractivity contribution in [1.82, 2.24) is 5.32 Å². The van der Waals surface area contributed by atoms with Gasteiger partial charge in [-0.1, -0.05) is 19.8 Å². The Labute approximate surface area is 126 Å². The van der Waals surface area contributed by atoms with Gasteiger partial charge in [-0.15, -0.1) is 0 Å². The summed E-state index contributed by atoms with van der Waals surface area (Å²) in [6.07, 6.45) is 6.19. The van der Waals surface area contributed by atoms with Crippen LogP contribution in [-0.2, 0) is 14.3 Å². The van der Waals surface area contributed by atoms with Crippen molar-refractivity contribution in [2.45, 2.75) is 51.9 Å². The highest BCUT2D eigenvalue weighted by molar-refractivity contribution is 5.79. The van der Waals surface area contributed by atoms with Crippen LogP contribution in [0.3, 0.4) is 0 Å². The normalized spacial score (nSPS) is 28.8. The minimum absolute atomic E-state index is 0.00113. The first-order chi connectivity index (χ1) is 10.0. The maximum Gasteiger partial charge on any atom is 0.311 e. The predicted molar refractivity (Wildman–Crippen MR) is 78.9 cm³/mol. The Bertz CT molecular complexity index is 376. The number of carbonyl (C=O) groups is 2. The number of hydrogen-bond donors (Lipinski definition) is 2. The van der Waals surface area contributed by atoms with Gasteiger partial charge in [-0.25, -0.2) is 0 Å². The van der Waals surface area contributed by atoms with Gasteiger partial charge in [0.1, 0.15) is 0 Å². The summed E-state index contributed by atoms with van der Waals surface area (Å²) in [5.74, 6) is 0.347. The topological polar surface area (TPSA) is 75.6 Å². The minimum Gasteiger partial charge on any atom is -0.481 e. The van der Waals surface area contributed by atoms with Gasteiger partial charge in [0.15, 0.2) is 0 Å². The van der Waals surface area contributed by atoms with Crippen molar-refractivity contribution in [3.05, 3.63) is 0 Å². The first kappa shape index (κ1) is 16.3. The average Bonchev–Trinajstić information content (AvgIpc) is 2.46. The summed E-state index contributed by atoms with van der Waals surface area (Å²) in [5.41, 5.74) is -0.840. The number of aliphatic carboxylic acids is 1. The summed E-state index contributed by atoms with van der Waals surface area (Å²) >= 11 is 0. The maximum absolute atomic E-state index is 12.1. The highest BCUT2D eigenvalue weighted by Crippen LogP contribution is 2.32. The molecular weight excluding hydrogens is 270 g/mol. The van der Waals surface area contributed by atoms with Crippen molar-refractivity contribution >= 4 is 11.9 Å². The Kier molecular flexibility index (Phi) is 5.62. The molecule has 1 heterocycles. The summed E-state index contributed by atoms with van der Waals surface area (Å²) in [6, 6.07) is 0. The maximum atomic E-state index is 12.1. The van der Waals surface area contributed by atoms with Crippen molar-refractivity contribution in [2.75, 3.05) is 19.8 Å². The van der Waals surface area contributed by atoms with Crippen molar-refractivity contribution in [3.63, 3.8) is 0 Å². The number of amides is 1. The smallest absolute Gasteiger partial charge is 0.311 e. The second-order valence-electron chi connectivity index (χ2n) is 6.82. The molecule has 2 atom stereocenters. The molecule has 0 spiro atoms. The highest BCUT2D eigenvalue weighted by atomic mass is 16.5. The van der Waals surface area contributed by atoms with E-state index in [1.165, 1.54) is 12.8 Å². The summed E-state index contributed by atoms with van der Waals surface area (Å²) in [5, 5.41) is 12.3. The van der Waals surface area contributed by atoms with Gasteiger partial charge < -0.3 is 15.2 Å². The molecule has 120 valence electrons. The molecule has 2 N–H and O–H groups in total. The fraction of sp³-hybridized carbons (Fsp3) is 0.875. The zero-order valence-corrected chi connectivity index (χ0v) is 12.9. The first-order valence-corrected chi connectivity index (χ1v) is 8.10. The number of carbonyl (C=O) groups excluding carboxylic acids is 1. The second kappa shape index (κ2) is 7.25. The van der Waals surface area contributed by atoms with Crippen LogP contribution in [0.25, 0.3) is 0 Å². The molecule has 1 amide bonds. The lowest BCUT2D eigenvalue weighted by Gasteiger charge is -2.33. The molecule has 0 aromatic carbocycles. The van der Waals surface area contributed by atoms with Crippen LogP contribution in [0.5, 0.6) is 0 Å². The third kappa shape index (κ3) is 4.43. The molecule has 1 aliphatic heterocycles. The van der Waals surface area contributed by atoms with Gasteiger partial charge in [0.25, 0.3) is 0 Å². The lowest BCUT2D eigenvalue weighted by atomic mass is 9.79. The largest absolute Gasteiger partial charge is 0.481 e. The van der Waals surface area contributed by atoms with Crippen LogP contribution < -0.4 is 5.32 Å². The Balaban J connectivity index is 1.80. The Hall–Kier alpha value is -1.10. The van der Waals surface area contributed by atoms with Gasteiger partial charge in [-0.2, -0.15) is 0 Å². The fourth-order valence-corrected chi connectivity index (χ4v) is 3.58. The Morgan fingerprint density at radius 1 is 1.29 bits per heavy atom. The van der Waals surface area contributed by atoms with Crippen molar-refractivity contribution in [3.8, 4) is 0 Å². The van der Waals surface area contributed by atoms with Crippen molar-refractivity contribution < 1.29 is 19.4 Å². The quantitative estimate of drug-likeness (QED) is 0.815. The molecular formula is C16H27NO4. The summed E-state index contributed by atoms with van der Waals surface area (Å²) in [7, 11) is 0. The van der Waals surface area contributed by atoms with E-state index in [-0.39, 0.29) is 12.5 Å². The number of rotatable bonds is 5.